The molecule has 0 aliphatic heterocycles. The van der Waals surface area contributed by atoms with Gasteiger partial charge in [0.2, 0.25) is 0 Å². The minimum Gasteiger partial charge on any atom is -0.467 e. The van der Waals surface area contributed by atoms with Crippen molar-refractivity contribution in [3.8, 4) is 0 Å². The summed E-state index contributed by atoms with van der Waals surface area (Å²) in [5, 5.41) is 17.2. The van der Waals surface area contributed by atoms with Gasteiger partial charge in [-0.3, -0.25) is 4.68 Å². The van der Waals surface area contributed by atoms with Crippen LogP contribution in [0.1, 0.15) is 17.0 Å². The first-order valence-corrected chi connectivity index (χ1v) is 6.63. The molecule has 2 N–H and O–H groups in total. The molecule has 0 radical (unpaired) electrons. The van der Waals surface area contributed by atoms with E-state index in [1.807, 2.05) is 37.0 Å². The zero-order valence-electron chi connectivity index (χ0n) is 11.9. The molecule has 2 rings (SSSR count). The van der Waals surface area contributed by atoms with Gasteiger partial charge in [-0.1, -0.05) is 0 Å². The van der Waals surface area contributed by atoms with Crippen LogP contribution in [0.4, 0.5) is 0 Å². The fourth-order valence-electron chi connectivity index (χ4n) is 1.84. The third kappa shape index (κ3) is 4.19. The minimum absolute atomic E-state index is 0.278. The van der Waals surface area contributed by atoms with Crippen molar-refractivity contribution in [3.63, 3.8) is 0 Å². The number of rotatable bonds is 8. The summed E-state index contributed by atoms with van der Waals surface area (Å²) in [5.41, 5.74) is 2.26. The Bertz CT molecular complexity index is 508. The average Bonchev–Trinajstić information content (AvgIpc) is 3.04. The molecule has 0 aliphatic carbocycles. The lowest BCUT2D eigenvalue weighted by Crippen LogP contribution is -2.30. The van der Waals surface area contributed by atoms with Gasteiger partial charge >= 0.3 is 0 Å². The smallest absolute Gasteiger partial charge is 0.129 e. The van der Waals surface area contributed by atoms with Crippen LogP contribution in [0.2, 0.25) is 0 Å². The van der Waals surface area contributed by atoms with E-state index in [0.717, 1.165) is 17.0 Å². The highest BCUT2D eigenvalue weighted by Crippen LogP contribution is 2.05. The highest BCUT2D eigenvalue weighted by Gasteiger charge is 2.07. The predicted molar refractivity (Wildman–Crippen MR) is 74.0 cm³/mol. The first-order chi connectivity index (χ1) is 9.66. The van der Waals surface area contributed by atoms with Gasteiger partial charge in [0.05, 0.1) is 25.2 Å². The lowest BCUT2D eigenvalue weighted by atomic mass is 10.2. The molecule has 0 aromatic carbocycles. The molecule has 0 bridgehead atoms. The molecule has 1 unspecified atom stereocenters. The SMILES string of the molecule is Cc1c(CNCC(O)COCc2ccco2)cnn1C. The summed E-state index contributed by atoms with van der Waals surface area (Å²) >= 11 is 0. The number of nitrogens with zero attached hydrogens (tertiary/aromatic N) is 2. The predicted octanol–water partition coefficient (Wildman–Crippen LogP) is 0.989. The molecule has 0 aliphatic rings. The lowest BCUT2D eigenvalue weighted by molar-refractivity contribution is 0.0225. The topological polar surface area (TPSA) is 72.4 Å². The van der Waals surface area contributed by atoms with Crippen molar-refractivity contribution >= 4 is 0 Å². The van der Waals surface area contributed by atoms with Crippen molar-refractivity contribution in [2.75, 3.05) is 13.2 Å². The van der Waals surface area contributed by atoms with Crippen molar-refractivity contribution in [1.82, 2.24) is 15.1 Å². The summed E-state index contributed by atoms with van der Waals surface area (Å²) < 4.78 is 12.3. The number of hydrogen-bond donors (Lipinski definition) is 2. The largest absolute Gasteiger partial charge is 0.467 e. The maximum absolute atomic E-state index is 9.79. The zero-order chi connectivity index (χ0) is 14.4. The summed E-state index contributed by atoms with van der Waals surface area (Å²) in [4.78, 5) is 0. The van der Waals surface area contributed by atoms with E-state index < -0.39 is 6.10 Å². The van der Waals surface area contributed by atoms with Crippen molar-refractivity contribution < 1.29 is 14.3 Å². The number of nitrogens with one attached hydrogen (secondary N) is 1. The van der Waals surface area contributed by atoms with E-state index >= 15 is 0 Å². The van der Waals surface area contributed by atoms with Crippen LogP contribution in [0.5, 0.6) is 0 Å². The molecule has 0 saturated heterocycles. The fraction of sp³-hybridized carbons (Fsp3) is 0.500. The van der Waals surface area contributed by atoms with Crippen molar-refractivity contribution in [1.29, 1.82) is 0 Å². The van der Waals surface area contributed by atoms with Gasteiger partial charge in [-0.25, -0.2) is 0 Å². The molecule has 0 fully saturated rings. The second-order valence-corrected chi connectivity index (χ2v) is 4.76. The third-order valence-electron chi connectivity index (χ3n) is 3.17. The zero-order valence-corrected chi connectivity index (χ0v) is 11.9. The molecule has 6 heteroatoms. The van der Waals surface area contributed by atoms with Gasteiger partial charge < -0.3 is 19.6 Å². The van der Waals surface area contributed by atoms with E-state index in [4.69, 9.17) is 9.15 Å². The Labute approximate surface area is 118 Å². The van der Waals surface area contributed by atoms with Crippen LogP contribution in [-0.4, -0.2) is 34.1 Å². The molecule has 6 nitrogen and oxygen atoms in total. The van der Waals surface area contributed by atoms with E-state index in [1.165, 1.54) is 0 Å². The number of aliphatic hydroxyl groups excluding tert-OH is 1. The maximum Gasteiger partial charge on any atom is 0.129 e. The number of aliphatic hydroxyl groups is 1. The van der Waals surface area contributed by atoms with E-state index in [9.17, 15) is 5.11 Å². The van der Waals surface area contributed by atoms with E-state index in [2.05, 4.69) is 10.4 Å². The number of hydrogen-bond acceptors (Lipinski definition) is 5. The van der Waals surface area contributed by atoms with Crippen LogP contribution in [0.25, 0.3) is 0 Å². The van der Waals surface area contributed by atoms with Gasteiger partial charge in [-0.15, -0.1) is 0 Å². The molecule has 2 heterocycles. The van der Waals surface area contributed by atoms with Crippen molar-refractivity contribution in [2.24, 2.45) is 7.05 Å². The summed E-state index contributed by atoms with van der Waals surface area (Å²) in [6.07, 6.45) is 2.90. The first kappa shape index (κ1) is 14.8. The Morgan fingerprint density at radius 1 is 1.55 bits per heavy atom. The van der Waals surface area contributed by atoms with Gasteiger partial charge in [0.1, 0.15) is 12.4 Å². The van der Waals surface area contributed by atoms with Crippen LogP contribution >= 0.6 is 0 Å². The lowest BCUT2D eigenvalue weighted by Gasteiger charge is -2.11. The van der Waals surface area contributed by atoms with E-state index in [1.54, 1.807) is 6.26 Å². The summed E-state index contributed by atoms with van der Waals surface area (Å²) in [7, 11) is 1.91. The van der Waals surface area contributed by atoms with Crippen LogP contribution in [0.3, 0.4) is 0 Å². The monoisotopic (exact) mass is 279 g/mol. The van der Waals surface area contributed by atoms with Crippen LogP contribution in [-0.2, 0) is 24.9 Å². The van der Waals surface area contributed by atoms with Gasteiger partial charge in [-0.2, -0.15) is 5.10 Å². The van der Waals surface area contributed by atoms with E-state index in [-0.39, 0.29) is 6.61 Å². The number of aromatic nitrogens is 2. The molecule has 0 amide bonds. The van der Waals surface area contributed by atoms with Gasteiger partial charge in [0, 0.05) is 31.4 Å². The normalized spacial score (nSPS) is 12.8. The Morgan fingerprint density at radius 2 is 2.40 bits per heavy atom. The van der Waals surface area contributed by atoms with Crippen molar-refractivity contribution in [2.45, 2.75) is 26.2 Å². The van der Waals surface area contributed by atoms with Crippen LogP contribution < -0.4 is 5.32 Å². The molecule has 0 saturated carbocycles. The number of aryl methyl sites for hydroxylation is 1. The van der Waals surface area contributed by atoms with E-state index in [0.29, 0.717) is 19.7 Å². The standard InChI is InChI=1S/C14H21N3O3/c1-11-12(7-16-17(11)2)6-15-8-13(18)9-19-10-14-4-3-5-20-14/h3-5,7,13,15,18H,6,8-10H2,1-2H3. The molecule has 0 spiro atoms. The number of furan rings is 1. The molecule has 110 valence electrons. The second kappa shape index (κ2) is 7.23. The van der Waals surface area contributed by atoms with Crippen LogP contribution in [0, 0.1) is 6.92 Å². The molecule has 2 aromatic heterocycles. The Balaban J connectivity index is 1.60. The second-order valence-electron chi connectivity index (χ2n) is 4.76. The average molecular weight is 279 g/mol. The summed E-state index contributed by atoms with van der Waals surface area (Å²) in [6, 6.07) is 3.66. The Kier molecular flexibility index (Phi) is 5.34. The summed E-state index contributed by atoms with van der Waals surface area (Å²) in [6.45, 7) is 3.85. The Morgan fingerprint density at radius 3 is 3.05 bits per heavy atom. The molecular formula is C14H21N3O3. The van der Waals surface area contributed by atoms with Gasteiger partial charge in [0.15, 0.2) is 0 Å². The maximum atomic E-state index is 9.79. The third-order valence-corrected chi connectivity index (χ3v) is 3.17. The molecule has 20 heavy (non-hydrogen) atoms. The molecule has 1 atom stereocenters. The van der Waals surface area contributed by atoms with Crippen LogP contribution in [0.15, 0.2) is 29.0 Å². The highest BCUT2D eigenvalue weighted by molar-refractivity contribution is 5.15. The molecule has 2 aromatic rings. The molecular weight excluding hydrogens is 258 g/mol. The minimum atomic E-state index is -0.540. The highest BCUT2D eigenvalue weighted by atomic mass is 16.5. The number of ether oxygens (including phenoxy) is 1. The van der Waals surface area contributed by atoms with Crippen molar-refractivity contribution in [3.05, 3.63) is 41.6 Å². The van der Waals surface area contributed by atoms with Gasteiger partial charge in [0.25, 0.3) is 0 Å². The first-order valence-electron chi connectivity index (χ1n) is 6.63. The van der Waals surface area contributed by atoms with Gasteiger partial charge in [-0.05, 0) is 19.1 Å². The quantitative estimate of drug-likeness (QED) is 0.754. The summed E-state index contributed by atoms with van der Waals surface area (Å²) in [5.74, 6) is 0.760. The fourth-order valence-corrected chi connectivity index (χ4v) is 1.84. The Hall–Kier alpha value is -1.63.